The number of carbonyl (C=O) groups is 2. The van der Waals surface area contributed by atoms with Crippen molar-refractivity contribution < 1.29 is 14.0 Å². The van der Waals surface area contributed by atoms with Crippen LogP contribution in [0.4, 0.5) is 5.69 Å². The molecule has 3 rings (SSSR count). The molecule has 1 saturated heterocycles. The van der Waals surface area contributed by atoms with Gasteiger partial charge in [0.25, 0.3) is 0 Å². The van der Waals surface area contributed by atoms with Crippen LogP contribution in [0.15, 0.2) is 33.5 Å². The third-order valence-corrected chi connectivity index (χ3v) is 4.39. The van der Waals surface area contributed by atoms with Gasteiger partial charge in [0.2, 0.25) is 11.8 Å². The lowest BCUT2D eigenvalue weighted by molar-refractivity contribution is -0.128. The Morgan fingerprint density at radius 1 is 1.32 bits per heavy atom. The van der Waals surface area contributed by atoms with Crippen LogP contribution < -0.4 is 10.9 Å². The predicted octanol–water partition coefficient (Wildman–Crippen LogP) is 2.54. The number of likely N-dealkylation sites (tertiary alicyclic amines) is 1. The molecule has 1 aromatic carbocycles. The number of hydrogen-bond acceptors (Lipinski definition) is 4. The van der Waals surface area contributed by atoms with E-state index in [9.17, 15) is 14.4 Å². The molecule has 6 nitrogen and oxygen atoms in total. The molecule has 0 saturated carbocycles. The SMILES string of the molecule is Cc1cc(=O)oc2cc(NC(=O)C3CC(=O)N(CC(C)C)C3)ccc12. The lowest BCUT2D eigenvalue weighted by Crippen LogP contribution is -2.31. The Kier molecular flexibility index (Phi) is 4.61. The Bertz CT molecular complexity index is 885. The topological polar surface area (TPSA) is 79.6 Å². The molecule has 25 heavy (non-hydrogen) atoms. The highest BCUT2D eigenvalue weighted by atomic mass is 16.4. The van der Waals surface area contributed by atoms with Gasteiger partial charge in [0.05, 0.1) is 5.92 Å². The average Bonchev–Trinajstić information content (AvgIpc) is 2.87. The Morgan fingerprint density at radius 3 is 2.80 bits per heavy atom. The van der Waals surface area contributed by atoms with Gasteiger partial charge in [-0.2, -0.15) is 0 Å². The number of anilines is 1. The van der Waals surface area contributed by atoms with Gasteiger partial charge in [0, 0.05) is 42.7 Å². The normalized spacial score (nSPS) is 17.5. The molecule has 1 aliphatic rings. The molecule has 132 valence electrons. The number of benzene rings is 1. The number of hydrogen-bond donors (Lipinski definition) is 1. The van der Waals surface area contributed by atoms with Crippen LogP contribution in [0.5, 0.6) is 0 Å². The molecule has 0 aliphatic carbocycles. The van der Waals surface area contributed by atoms with Gasteiger partial charge >= 0.3 is 5.63 Å². The summed E-state index contributed by atoms with van der Waals surface area (Å²) in [5.74, 6) is -0.146. The van der Waals surface area contributed by atoms with Crippen molar-refractivity contribution in [3.05, 3.63) is 40.2 Å². The van der Waals surface area contributed by atoms with Gasteiger partial charge in [0.1, 0.15) is 5.58 Å². The molecule has 1 N–H and O–H groups in total. The van der Waals surface area contributed by atoms with Crippen LogP contribution in [0.1, 0.15) is 25.8 Å². The van der Waals surface area contributed by atoms with E-state index in [-0.39, 0.29) is 24.2 Å². The zero-order valence-electron chi connectivity index (χ0n) is 14.7. The Balaban J connectivity index is 1.74. The first-order chi connectivity index (χ1) is 11.8. The number of nitrogens with zero attached hydrogens (tertiary/aromatic N) is 1. The van der Waals surface area contributed by atoms with Gasteiger partial charge in [-0.1, -0.05) is 13.8 Å². The van der Waals surface area contributed by atoms with Crippen molar-refractivity contribution in [2.75, 3.05) is 18.4 Å². The summed E-state index contributed by atoms with van der Waals surface area (Å²) in [4.78, 5) is 37.8. The van der Waals surface area contributed by atoms with Crippen molar-refractivity contribution in [1.82, 2.24) is 4.90 Å². The molecule has 1 unspecified atom stereocenters. The molecule has 2 amide bonds. The minimum absolute atomic E-state index is 0.0222. The number of nitrogens with one attached hydrogen (secondary N) is 1. The number of amides is 2. The highest BCUT2D eigenvalue weighted by molar-refractivity contribution is 5.98. The van der Waals surface area contributed by atoms with Crippen molar-refractivity contribution in [3.8, 4) is 0 Å². The second-order valence-electron chi connectivity index (χ2n) is 7.04. The molecule has 0 radical (unpaired) electrons. The molecule has 6 heteroatoms. The van der Waals surface area contributed by atoms with Crippen LogP contribution in [0.3, 0.4) is 0 Å². The van der Waals surface area contributed by atoms with Crippen LogP contribution in [0, 0.1) is 18.8 Å². The first kappa shape index (κ1) is 17.2. The average molecular weight is 342 g/mol. The molecule has 0 spiro atoms. The zero-order valence-corrected chi connectivity index (χ0v) is 14.7. The number of fused-ring (bicyclic) bond motifs is 1. The second-order valence-corrected chi connectivity index (χ2v) is 7.04. The Morgan fingerprint density at radius 2 is 2.08 bits per heavy atom. The first-order valence-corrected chi connectivity index (χ1v) is 8.46. The van der Waals surface area contributed by atoms with Gasteiger partial charge in [0.15, 0.2) is 0 Å². The van der Waals surface area contributed by atoms with Gasteiger partial charge < -0.3 is 14.6 Å². The minimum atomic E-state index is -0.417. The maximum absolute atomic E-state index is 12.5. The van der Waals surface area contributed by atoms with E-state index in [4.69, 9.17) is 4.42 Å². The number of carbonyl (C=O) groups excluding carboxylic acids is 2. The third-order valence-electron chi connectivity index (χ3n) is 4.39. The Labute approximate surface area is 145 Å². The largest absolute Gasteiger partial charge is 0.423 e. The summed E-state index contributed by atoms with van der Waals surface area (Å²) in [7, 11) is 0. The fourth-order valence-corrected chi connectivity index (χ4v) is 3.21. The first-order valence-electron chi connectivity index (χ1n) is 8.46. The van der Waals surface area contributed by atoms with Crippen molar-refractivity contribution in [2.24, 2.45) is 11.8 Å². The van der Waals surface area contributed by atoms with Crippen LogP contribution in [-0.2, 0) is 9.59 Å². The number of aryl methyl sites for hydroxylation is 1. The second kappa shape index (κ2) is 6.70. The number of rotatable bonds is 4. The molecule has 1 fully saturated rings. The molecule has 1 aliphatic heterocycles. The van der Waals surface area contributed by atoms with Crippen LogP contribution in [0.25, 0.3) is 11.0 Å². The van der Waals surface area contributed by atoms with Crippen molar-refractivity contribution >= 4 is 28.5 Å². The summed E-state index contributed by atoms with van der Waals surface area (Å²) in [5.41, 5.74) is 1.40. The molecule has 2 aromatic rings. The highest BCUT2D eigenvalue weighted by Gasteiger charge is 2.34. The van der Waals surface area contributed by atoms with Gasteiger partial charge in [-0.25, -0.2) is 4.79 Å². The maximum atomic E-state index is 12.5. The molecule has 1 aromatic heterocycles. The predicted molar refractivity (Wildman–Crippen MR) is 95.4 cm³/mol. The van der Waals surface area contributed by atoms with Crippen LogP contribution >= 0.6 is 0 Å². The van der Waals surface area contributed by atoms with E-state index in [1.54, 1.807) is 17.0 Å². The zero-order chi connectivity index (χ0) is 18.1. The van der Waals surface area contributed by atoms with Crippen molar-refractivity contribution in [2.45, 2.75) is 27.2 Å². The monoisotopic (exact) mass is 342 g/mol. The molecular formula is C19H22N2O4. The Hall–Kier alpha value is -2.63. The van der Waals surface area contributed by atoms with Gasteiger partial charge in [-0.05, 0) is 30.5 Å². The lowest BCUT2D eigenvalue weighted by atomic mass is 10.1. The van der Waals surface area contributed by atoms with Crippen LogP contribution in [-0.4, -0.2) is 29.8 Å². The van der Waals surface area contributed by atoms with E-state index in [1.165, 1.54) is 6.07 Å². The van der Waals surface area contributed by atoms with Crippen LogP contribution in [0.2, 0.25) is 0 Å². The van der Waals surface area contributed by atoms with Crippen molar-refractivity contribution in [3.63, 3.8) is 0 Å². The fraction of sp³-hybridized carbons (Fsp3) is 0.421. The molecule has 2 heterocycles. The summed E-state index contributed by atoms with van der Waals surface area (Å²) in [5, 5.41) is 3.66. The summed E-state index contributed by atoms with van der Waals surface area (Å²) >= 11 is 0. The van der Waals surface area contributed by atoms with E-state index in [2.05, 4.69) is 5.32 Å². The van der Waals surface area contributed by atoms with E-state index >= 15 is 0 Å². The summed E-state index contributed by atoms with van der Waals surface area (Å²) in [6.45, 7) is 7.05. The van der Waals surface area contributed by atoms with Crippen molar-refractivity contribution in [1.29, 1.82) is 0 Å². The fourth-order valence-electron chi connectivity index (χ4n) is 3.21. The quantitative estimate of drug-likeness (QED) is 0.866. The van der Waals surface area contributed by atoms with Gasteiger partial charge in [-0.15, -0.1) is 0 Å². The highest BCUT2D eigenvalue weighted by Crippen LogP contribution is 2.24. The summed E-state index contributed by atoms with van der Waals surface area (Å²) in [6, 6.07) is 6.67. The maximum Gasteiger partial charge on any atom is 0.336 e. The molecule has 1 atom stereocenters. The van der Waals surface area contributed by atoms with E-state index in [0.29, 0.717) is 30.3 Å². The van der Waals surface area contributed by atoms with E-state index in [0.717, 1.165) is 10.9 Å². The molecular weight excluding hydrogens is 320 g/mol. The van der Waals surface area contributed by atoms with E-state index < -0.39 is 5.63 Å². The summed E-state index contributed by atoms with van der Waals surface area (Å²) < 4.78 is 5.20. The smallest absolute Gasteiger partial charge is 0.336 e. The molecule has 0 bridgehead atoms. The lowest BCUT2D eigenvalue weighted by Gasteiger charge is -2.18. The minimum Gasteiger partial charge on any atom is -0.423 e. The van der Waals surface area contributed by atoms with Gasteiger partial charge in [-0.3, -0.25) is 9.59 Å². The van der Waals surface area contributed by atoms with E-state index in [1.807, 2.05) is 26.8 Å². The standard InChI is InChI=1S/C19H22N2O4/c1-11(2)9-21-10-13(7-17(21)22)19(24)20-14-4-5-15-12(3)6-18(23)25-16(15)8-14/h4-6,8,11,13H,7,9-10H2,1-3H3,(H,20,24). The third kappa shape index (κ3) is 3.73. The summed E-state index contributed by atoms with van der Waals surface area (Å²) in [6.07, 6.45) is 0.236.